The van der Waals surface area contributed by atoms with E-state index >= 15 is 0 Å². The van der Waals surface area contributed by atoms with E-state index in [-0.39, 0.29) is 11.8 Å². The van der Waals surface area contributed by atoms with Crippen molar-refractivity contribution in [1.82, 2.24) is 29.5 Å². The summed E-state index contributed by atoms with van der Waals surface area (Å²) in [5.74, 6) is -0.574. The van der Waals surface area contributed by atoms with Crippen LogP contribution in [0.3, 0.4) is 0 Å². The monoisotopic (exact) mass is 440 g/mol. The third kappa shape index (κ3) is 3.64. The van der Waals surface area contributed by atoms with Crippen molar-refractivity contribution in [2.24, 2.45) is 0 Å². The summed E-state index contributed by atoms with van der Waals surface area (Å²) < 4.78 is 7.78. The summed E-state index contributed by atoms with van der Waals surface area (Å²) in [6.45, 7) is 3.36. The first-order valence-corrected chi connectivity index (χ1v) is 9.92. The Morgan fingerprint density at radius 2 is 2.06 bits per heavy atom. The Hall–Kier alpha value is -3.70. The van der Waals surface area contributed by atoms with Crippen molar-refractivity contribution in [2.75, 3.05) is 36.4 Å². The minimum Gasteiger partial charge on any atom is -0.417 e. The molecule has 1 aliphatic rings. The molecule has 0 saturated carbocycles. The van der Waals surface area contributed by atoms with Gasteiger partial charge in [-0.05, 0) is 12.1 Å². The van der Waals surface area contributed by atoms with Crippen molar-refractivity contribution in [3.8, 4) is 6.01 Å². The summed E-state index contributed by atoms with van der Waals surface area (Å²) in [4.78, 5) is 35.6. The van der Waals surface area contributed by atoms with Gasteiger partial charge in [-0.1, -0.05) is 11.6 Å². The molecule has 0 bridgehead atoms. The molecule has 0 aliphatic carbocycles. The zero-order chi connectivity index (χ0) is 21.4. The molecule has 0 aromatic carbocycles. The number of rotatable bonds is 4. The van der Waals surface area contributed by atoms with Crippen molar-refractivity contribution in [2.45, 2.75) is 0 Å². The summed E-state index contributed by atoms with van der Waals surface area (Å²) in [5.41, 5.74) is 1.27. The molecule has 1 aliphatic heterocycles. The Bertz CT molecular complexity index is 1320. The molecule has 1 saturated heterocycles. The third-order valence-electron chi connectivity index (χ3n) is 4.89. The molecule has 1 fully saturated rings. The Morgan fingerprint density at radius 3 is 2.90 bits per heavy atom. The van der Waals surface area contributed by atoms with Crippen LogP contribution in [0.25, 0.3) is 11.7 Å². The van der Waals surface area contributed by atoms with Crippen molar-refractivity contribution >= 4 is 34.5 Å². The highest BCUT2D eigenvalue weighted by Crippen LogP contribution is 2.25. The fourth-order valence-corrected chi connectivity index (χ4v) is 3.54. The summed E-state index contributed by atoms with van der Waals surface area (Å²) in [7, 11) is 0. The number of amides is 1. The summed E-state index contributed by atoms with van der Waals surface area (Å²) in [6, 6.07) is 4.84. The van der Waals surface area contributed by atoms with Crippen LogP contribution in [-0.4, -0.2) is 56.2 Å². The minimum absolute atomic E-state index is 0.0629. The Balaban J connectivity index is 1.41. The van der Waals surface area contributed by atoms with E-state index in [0.717, 1.165) is 36.5 Å². The predicted octanol–water partition coefficient (Wildman–Crippen LogP) is 1.18. The van der Waals surface area contributed by atoms with Crippen LogP contribution >= 0.6 is 11.6 Å². The lowest BCUT2D eigenvalue weighted by Crippen LogP contribution is -2.43. The maximum absolute atomic E-state index is 12.8. The molecule has 0 spiro atoms. The number of carbonyl (C=O) groups excluding carboxylic acids is 1. The molecule has 0 atom stereocenters. The van der Waals surface area contributed by atoms with Gasteiger partial charge in [0.25, 0.3) is 5.91 Å². The molecule has 1 amide bonds. The molecule has 4 aromatic rings. The smallest absolute Gasteiger partial charge is 0.359 e. The van der Waals surface area contributed by atoms with Crippen molar-refractivity contribution < 1.29 is 9.21 Å². The zero-order valence-corrected chi connectivity index (χ0v) is 16.9. The maximum Gasteiger partial charge on any atom is 0.359 e. The predicted molar refractivity (Wildman–Crippen MR) is 113 cm³/mol. The fraction of sp³-hybridized carbons (Fsp3) is 0.211. The Morgan fingerprint density at radius 1 is 1.23 bits per heavy atom. The van der Waals surface area contributed by atoms with Crippen LogP contribution in [0.1, 0.15) is 10.6 Å². The lowest BCUT2D eigenvalue weighted by molar-refractivity contribution is 0.0996. The second-order valence-corrected chi connectivity index (χ2v) is 7.30. The normalized spacial score (nSPS) is 14.2. The van der Waals surface area contributed by atoms with Crippen LogP contribution in [0.5, 0.6) is 0 Å². The summed E-state index contributed by atoms with van der Waals surface area (Å²) in [5, 5.41) is 10.7. The summed E-state index contributed by atoms with van der Waals surface area (Å²) >= 11 is 5.95. The SMILES string of the molecule is O=C(Nc1cnccc1N1CCNCC1)c1cnc(-n2nc3cc(Cl)ccn3c2=O)o1. The molecule has 5 rings (SSSR count). The van der Waals surface area contributed by atoms with Gasteiger partial charge in [0.15, 0.2) is 5.65 Å². The lowest BCUT2D eigenvalue weighted by Gasteiger charge is -2.30. The molecule has 2 N–H and O–H groups in total. The van der Waals surface area contributed by atoms with Gasteiger partial charge in [0.2, 0.25) is 5.76 Å². The van der Waals surface area contributed by atoms with Crippen LogP contribution in [0.15, 0.2) is 52.2 Å². The number of hydrogen-bond acceptors (Lipinski definition) is 8. The molecule has 0 radical (unpaired) electrons. The van der Waals surface area contributed by atoms with Crippen molar-refractivity contribution in [3.63, 3.8) is 0 Å². The number of anilines is 2. The number of nitrogens with one attached hydrogen (secondary N) is 2. The largest absolute Gasteiger partial charge is 0.417 e. The van der Waals surface area contributed by atoms with Crippen LogP contribution in [-0.2, 0) is 0 Å². The standard InChI is InChI=1S/C19H17ClN8O3/c20-12-2-6-27-16(9-12)25-28(19(27)30)18-23-11-15(31-18)17(29)24-13-10-22-3-1-14(13)26-7-4-21-5-8-26/h1-3,6,9-11,21H,4-5,7-8H2,(H,24,29). The first-order valence-electron chi connectivity index (χ1n) is 9.54. The molecule has 5 heterocycles. The van der Waals surface area contributed by atoms with Gasteiger partial charge in [0.1, 0.15) is 0 Å². The van der Waals surface area contributed by atoms with Crippen molar-refractivity contribution in [1.29, 1.82) is 0 Å². The topological polar surface area (TPSA) is 123 Å². The van der Waals surface area contributed by atoms with E-state index in [9.17, 15) is 9.59 Å². The number of fused-ring (bicyclic) bond motifs is 1. The van der Waals surface area contributed by atoms with Crippen LogP contribution in [0.2, 0.25) is 5.02 Å². The number of pyridine rings is 2. The first kappa shape index (κ1) is 19.3. The quantitative estimate of drug-likeness (QED) is 0.485. The van der Waals surface area contributed by atoms with Gasteiger partial charge in [0, 0.05) is 49.7 Å². The average molecular weight is 441 g/mol. The van der Waals surface area contributed by atoms with Gasteiger partial charge in [-0.3, -0.25) is 9.78 Å². The second kappa shape index (κ2) is 7.85. The van der Waals surface area contributed by atoms with E-state index < -0.39 is 11.6 Å². The molecule has 0 unspecified atom stereocenters. The summed E-state index contributed by atoms with van der Waals surface area (Å²) in [6.07, 6.45) is 6.01. The number of oxazole rings is 1. The van der Waals surface area contributed by atoms with Gasteiger partial charge < -0.3 is 20.0 Å². The van der Waals surface area contributed by atoms with E-state index in [1.54, 1.807) is 18.5 Å². The highest BCUT2D eigenvalue weighted by molar-refractivity contribution is 6.30. The number of hydrogen-bond donors (Lipinski definition) is 2. The molecule has 12 heteroatoms. The average Bonchev–Trinajstić information content (AvgIpc) is 3.39. The highest BCUT2D eigenvalue weighted by atomic mass is 35.5. The first-order chi connectivity index (χ1) is 15.1. The number of piperazine rings is 1. The molecular weight excluding hydrogens is 424 g/mol. The van der Waals surface area contributed by atoms with Gasteiger partial charge in [-0.25, -0.2) is 9.20 Å². The third-order valence-corrected chi connectivity index (χ3v) is 5.12. The lowest BCUT2D eigenvalue weighted by atomic mass is 10.2. The van der Waals surface area contributed by atoms with E-state index in [2.05, 4.69) is 30.6 Å². The van der Waals surface area contributed by atoms with Crippen LogP contribution < -0.4 is 21.2 Å². The fourth-order valence-electron chi connectivity index (χ4n) is 3.39. The van der Waals surface area contributed by atoms with E-state index in [1.165, 1.54) is 22.9 Å². The van der Waals surface area contributed by atoms with E-state index in [4.69, 9.17) is 16.0 Å². The minimum atomic E-state index is -0.511. The van der Waals surface area contributed by atoms with Gasteiger partial charge >= 0.3 is 11.7 Å². The molecule has 158 valence electrons. The molecule has 31 heavy (non-hydrogen) atoms. The maximum atomic E-state index is 12.8. The second-order valence-electron chi connectivity index (χ2n) is 6.86. The highest BCUT2D eigenvalue weighted by Gasteiger charge is 2.20. The Kier molecular flexibility index (Phi) is 4.88. The van der Waals surface area contributed by atoms with E-state index in [1.807, 2.05) is 6.07 Å². The van der Waals surface area contributed by atoms with E-state index in [0.29, 0.717) is 16.4 Å². The molecule has 4 aromatic heterocycles. The number of halogens is 1. The Labute approximate surface area is 180 Å². The zero-order valence-electron chi connectivity index (χ0n) is 16.2. The van der Waals surface area contributed by atoms with Crippen LogP contribution in [0, 0.1) is 0 Å². The van der Waals surface area contributed by atoms with Gasteiger partial charge in [0.05, 0.1) is 23.8 Å². The van der Waals surface area contributed by atoms with Gasteiger partial charge in [-0.2, -0.15) is 4.98 Å². The molecule has 11 nitrogen and oxygen atoms in total. The number of aromatic nitrogens is 5. The van der Waals surface area contributed by atoms with Crippen molar-refractivity contribution in [3.05, 3.63) is 64.3 Å². The van der Waals surface area contributed by atoms with Crippen LogP contribution in [0.4, 0.5) is 11.4 Å². The van der Waals surface area contributed by atoms with Gasteiger partial charge in [-0.15, -0.1) is 9.78 Å². The molecular formula is C19H17ClN8O3. The number of nitrogens with zero attached hydrogens (tertiary/aromatic N) is 6. The number of carbonyl (C=O) groups is 1.